The normalized spacial score (nSPS) is 12.4. The Labute approximate surface area is 81.6 Å². The molecule has 0 unspecified atom stereocenters. The van der Waals surface area contributed by atoms with Crippen molar-refractivity contribution in [2.75, 3.05) is 0 Å². The van der Waals surface area contributed by atoms with Gasteiger partial charge in [-0.05, 0) is 17.7 Å². The summed E-state index contributed by atoms with van der Waals surface area (Å²) in [4.78, 5) is 0. The van der Waals surface area contributed by atoms with Crippen LogP contribution in [0.25, 0.3) is 11.1 Å². The minimum absolute atomic E-state index is 0.109. The Kier molecular flexibility index (Phi) is 1.43. The number of hydrogen-bond donors (Lipinski definition) is 1. The van der Waals surface area contributed by atoms with Crippen molar-refractivity contribution in [2.24, 2.45) is 0 Å². The van der Waals surface area contributed by atoms with E-state index in [-0.39, 0.29) is 12.3 Å². The summed E-state index contributed by atoms with van der Waals surface area (Å²) in [6.45, 7) is 0. The van der Waals surface area contributed by atoms with E-state index >= 15 is 0 Å². The molecule has 0 bridgehead atoms. The number of aromatic nitrogens is 2. The van der Waals surface area contributed by atoms with Crippen molar-refractivity contribution in [3.8, 4) is 11.1 Å². The molecule has 0 fully saturated rings. The summed E-state index contributed by atoms with van der Waals surface area (Å²) in [7, 11) is 0. The monoisotopic (exact) mass is 224 g/mol. The lowest BCUT2D eigenvalue weighted by atomic mass is 10.1. The van der Waals surface area contributed by atoms with Gasteiger partial charge in [-0.2, -0.15) is 5.10 Å². The molecule has 1 aromatic heterocycles. The van der Waals surface area contributed by atoms with E-state index < -0.39 is 0 Å². The third-order valence-corrected chi connectivity index (χ3v) is 2.07. The summed E-state index contributed by atoms with van der Waals surface area (Å²) in [5.41, 5.74) is 1.37. The molecule has 0 aliphatic heterocycles. The molecular weight excluding hydrogens is 216 g/mol. The second-order valence-electron chi connectivity index (χ2n) is 2.34. The van der Waals surface area contributed by atoms with Gasteiger partial charge in [0.1, 0.15) is 0 Å². The average Bonchev–Trinajstić information content (AvgIpc) is 2.49. The zero-order valence-corrected chi connectivity index (χ0v) is 7.72. The van der Waals surface area contributed by atoms with Crippen LogP contribution >= 0.6 is 15.9 Å². The zero-order chi connectivity index (χ0) is 10.1. The van der Waals surface area contributed by atoms with Crippen molar-refractivity contribution in [3.05, 3.63) is 41.1 Å². The molecule has 1 aromatic carbocycles. The maximum atomic E-state index is 7.53. The van der Waals surface area contributed by atoms with E-state index in [9.17, 15) is 0 Å². The first-order valence-corrected chi connectivity index (χ1v) is 4.25. The van der Waals surface area contributed by atoms with Gasteiger partial charge in [0.25, 0.3) is 0 Å². The van der Waals surface area contributed by atoms with Crippen molar-refractivity contribution >= 4 is 15.9 Å². The molecule has 1 heterocycles. The smallest absolute Gasteiger partial charge is 0.0866 e. The number of rotatable bonds is 1. The number of halogens is 1. The molecule has 2 aromatic rings. The highest BCUT2D eigenvalue weighted by molar-refractivity contribution is 9.10. The molecule has 0 saturated heterocycles. The molecule has 0 saturated carbocycles. The van der Waals surface area contributed by atoms with E-state index in [1.165, 1.54) is 0 Å². The molecule has 0 aliphatic rings. The first-order valence-electron chi connectivity index (χ1n) is 4.46. The predicted molar refractivity (Wildman–Crippen MR) is 51.7 cm³/mol. The minimum atomic E-state index is 0.109. The molecule has 2 rings (SSSR count). The molecule has 3 heteroatoms. The van der Waals surface area contributed by atoms with E-state index in [0.717, 1.165) is 10.0 Å². The summed E-state index contributed by atoms with van der Waals surface area (Å²) in [6, 6.07) is 7.46. The third-order valence-electron chi connectivity index (χ3n) is 1.54. The number of hydrogen-bond acceptors (Lipinski definition) is 1. The fourth-order valence-corrected chi connectivity index (χ4v) is 1.21. The summed E-state index contributed by atoms with van der Waals surface area (Å²) in [5, 5.41) is 6.12. The summed E-state index contributed by atoms with van der Waals surface area (Å²) < 4.78 is 16.0. The maximum Gasteiger partial charge on any atom is 0.0866 e. The van der Waals surface area contributed by atoms with Gasteiger partial charge in [0, 0.05) is 16.2 Å². The van der Waals surface area contributed by atoms with Gasteiger partial charge < -0.3 is 0 Å². The van der Waals surface area contributed by atoms with E-state index in [1.807, 2.05) is 24.3 Å². The molecular formula is C9H7BrN2. The molecule has 0 amide bonds. The van der Waals surface area contributed by atoms with Crippen molar-refractivity contribution < 1.29 is 2.74 Å². The highest BCUT2D eigenvalue weighted by Gasteiger charge is 1.96. The van der Waals surface area contributed by atoms with Gasteiger partial charge in [-0.1, -0.05) is 28.1 Å². The van der Waals surface area contributed by atoms with Crippen LogP contribution in [0.15, 0.2) is 41.1 Å². The second kappa shape index (κ2) is 3.11. The number of H-pyrrole nitrogens is 1. The van der Waals surface area contributed by atoms with Gasteiger partial charge in [-0.3, -0.25) is 5.10 Å². The number of aromatic amines is 1. The van der Waals surface area contributed by atoms with Gasteiger partial charge in [0.2, 0.25) is 0 Å². The third kappa shape index (κ3) is 1.41. The van der Waals surface area contributed by atoms with Crippen LogP contribution in [0.1, 0.15) is 2.74 Å². The topological polar surface area (TPSA) is 28.7 Å². The van der Waals surface area contributed by atoms with Gasteiger partial charge in [-0.25, -0.2) is 0 Å². The van der Waals surface area contributed by atoms with Gasteiger partial charge in [0.15, 0.2) is 0 Å². The predicted octanol–water partition coefficient (Wildman–Crippen LogP) is 2.84. The summed E-state index contributed by atoms with van der Waals surface area (Å²) >= 11 is 3.33. The minimum Gasteiger partial charge on any atom is -0.285 e. The number of nitrogens with zero attached hydrogens (tertiary/aromatic N) is 1. The lowest BCUT2D eigenvalue weighted by Crippen LogP contribution is -1.71. The molecule has 0 radical (unpaired) electrons. The van der Waals surface area contributed by atoms with Crippen molar-refractivity contribution in [1.82, 2.24) is 10.2 Å². The van der Waals surface area contributed by atoms with E-state index in [2.05, 4.69) is 26.1 Å². The maximum absolute atomic E-state index is 7.53. The van der Waals surface area contributed by atoms with Gasteiger partial charge in [-0.15, -0.1) is 0 Å². The van der Waals surface area contributed by atoms with Crippen LogP contribution < -0.4 is 0 Å². The quantitative estimate of drug-likeness (QED) is 0.794. The molecule has 1 N–H and O–H groups in total. The zero-order valence-electron chi connectivity index (χ0n) is 8.13. The Morgan fingerprint density at radius 3 is 2.58 bits per heavy atom. The molecule has 60 valence electrons. The van der Waals surface area contributed by atoms with E-state index in [0.29, 0.717) is 5.56 Å². The van der Waals surface area contributed by atoms with Crippen LogP contribution in [-0.2, 0) is 0 Å². The van der Waals surface area contributed by atoms with Crippen LogP contribution in [-0.4, -0.2) is 10.2 Å². The Morgan fingerprint density at radius 1 is 1.25 bits per heavy atom. The first kappa shape index (κ1) is 5.54. The van der Waals surface area contributed by atoms with Crippen LogP contribution in [0.5, 0.6) is 0 Å². The SMILES string of the molecule is [2H]c1n[nH]c([2H])c1-c1ccc(Br)cc1. The van der Waals surface area contributed by atoms with Crippen LogP contribution in [0, 0.1) is 0 Å². The highest BCUT2D eigenvalue weighted by Crippen LogP contribution is 2.19. The van der Waals surface area contributed by atoms with Crippen LogP contribution in [0.2, 0.25) is 0 Å². The second-order valence-corrected chi connectivity index (χ2v) is 3.26. The molecule has 2 nitrogen and oxygen atoms in total. The van der Waals surface area contributed by atoms with Crippen LogP contribution in [0.4, 0.5) is 0 Å². The van der Waals surface area contributed by atoms with Crippen molar-refractivity contribution in [1.29, 1.82) is 0 Å². The van der Waals surface area contributed by atoms with E-state index in [1.54, 1.807) is 0 Å². The Balaban J connectivity index is 2.54. The highest BCUT2D eigenvalue weighted by atomic mass is 79.9. The number of nitrogens with one attached hydrogen (secondary N) is 1. The fraction of sp³-hybridized carbons (Fsp3) is 0. The molecule has 0 spiro atoms. The van der Waals surface area contributed by atoms with Crippen molar-refractivity contribution in [2.45, 2.75) is 0 Å². The molecule has 0 aliphatic carbocycles. The standard InChI is InChI=1S/C9H7BrN2/c10-9-3-1-7(2-4-9)8-5-11-12-6-8/h1-6H,(H,11,12)/i5D,6D. The lowest BCUT2D eigenvalue weighted by molar-refractivity contribution is 1.09. The number of benzene rings is 1. The Morgan fingerprint density at radius 2 is 2.00 bits per heavy atom. The van der Waals surface area contributed by atoms with Crippen LogP contribution in [0.3, 0.4) is 0 Å². The summed E-state index contributed by atoms with van der Waals surface area (Å²) in [6.07, 6.45) is 0.287. The molecule has 12 heavy (non-hydrogen) atoms. The average molecular weight is 225 g/mol. The van der Waals surface area contributed by atoms with E-state index in [4.69, 9.17) is 2.74 Å². The fourth-order valence-electron chi connectivity index (χ4n) is 0.949. The molecule has 0 atom stereocenters. The van der Waals surface area contributed by atoms with Crippen molar-refractivity contribution in [3.63, 3.8) is 0 Å². The lowest BCUT2D eigenvalue weighted by Gasteiger charge is -1.95. The van der Waals surface area contributed by atoms with Gasteiger partial charge >= 0.3 is 0 Å². The largest absolute Gasteiger partial charge is 0.285 e. The Bertz CT molecular complexity index is 431. The summed E-state index contributed by atoms with van der Waals surface area (Å²) in [5.74, 6) is 0. The van der Waals surface area contributed by atoms with Gasteiger partial charge in [0.05, 0.1) is 8.91 Å². The first-order chi connectivity index (χ1) is 6.68. The Hall–Kier alpha value is -1.09.